The summed E-state index contributed by atoms with van der Waals surface area (Å²) in [6, 6.07) is 2.95. The van der Waals surface area contributed by atoms with Gasteiger partial charge in [-0.1, -0.05) is 23.2 Å². The molecular weight excluding hydrogens is 355 g/mol. The molecule has 1 saturated heterocycles. The molecule has 0 radical (unpaired) electrons. The monoisotopic (exact) mass is 372 g/mol. The Morgan fingerprint density at radius 3 is 2.43 bits per heavy atom. The number of halogens is 3. The maximum Gasteiger partial charge on any atom is 0.243 e. The zero-order valence-corrected chi connectivity index (χ0v) is 15.0. The maximum atomic E-state index is 12.6. The van der Waals surface area contributed by atoms with Crippen molar-refractivity contribution in [3.05, 3.63) is 27.7 Å². The van der Waals surface area contributed by atoms with Crippen LogP contribution in [0.1, 0.15) is 12.0 Å². The summed E-state index contributed by atoms with van der Waals surface area (Å²) in [4.78, 5) is 0.170. The molecular formula is C13H19Cl3N2O2S. The summed E-state index contributed by atoms with van der Waals surface area (Å²) in [7, 11) is -1.64. The number of nitrogens with zero attached hydrogens (tertiary/aromatic N) is 1. The smallest absolute Gasteiger partial charge is 0.243 e. The van der Waals surface area contributed by atoms with Gasteiger partial charge in [0.1, 0.15) is 0 Å². The van der Waals surface area contributed by atoms with E-state index in [-0.39, 0.29) is 17.3 Å². The predicted octanol–water partition coefficient (Wildman–Crippen LogP) is 2.95. The van der Waals surface area contributed by atoms with Gasteiger partial charge in [-0.3, -0.25) is 0 Å². The number of nitrogens with one attached hydrogen (secondary N) is 1. The van der Waals surface area contributed by atoms with Crippen LogP contribution >= 0.6 is 35.6 Å². The lowest BCUT2D eigenvalue weighted by molar-refractivity contribution is 0.451. The molecule has 1 N–H and O–H groups in total. The third-order valence-electron chi connectivity index (χ3n) is 3.63. The maximum absolute atomic E-state index is 12.6. The van der Waals surface area contributed by atoms with E-state index in [4.69, 9.17) is 23.2 Å². The van der Waals surface area contributed by atoms with Gasteiger partial charge in [-0.05, 0) is 50.6 Å². The van der Waals surface area contributed by atoms with Crippen LogP contribution < -0.4 is 5.32 Å². The first-order valence-electron chi connectivity index (χ1n) is 6.46. The standard InChI is InChI=1S/C13H18Cl2N2O2S.ClH/c1-9-12(14)5-11(6-13(9)15)20(18,19)17-4-3-10(8-17)7-16-2;/h5-6,10,16H,3-4,7-8H2,1-2H3;1H. The molecule has 0 aromatic heterocycles. The molecule has 1 unspecified atom stereocenters. The Morgan fingerprint density at radius 2 is 1.90 bits per heavy atom. The summed E-state index contributed by atoms with van der Waals surface area (Å²) in [5.74, 6) is 0.353. The first kappa shape index (κ1) is 19.0. The second-order valence-corrected chi connectivity index (χ2v) is 7.84. The SMILES string of the molecule is CNCC1CCN(S(=O)(=O)c2cc(Cl)c(C)c(Cl)c2)C1.Cl. The highest BCUT2D eigenvalue weighted by molar-refractivity contribution is 7.89. The minimum absolute atomic E-state index is 0. The Labute approximate surface area is 142 Å². The third-order valence-corrected chi connectivity index (χ3v) is 6.26. The van der Waals surface area contributed by atoms with Crippen molar-refractivity contribution in [3.63, 3.8) is 0 Å². The lowest BCUT2D eigenvalue weighted by Gasteiger charge is -2.17. The number of sulfonamides is 1. The van der Waals surface area contributed by atoms with E-state index in [0.717, 1.165) is 13.0 Å². The van der Waals surface area contributed by atoms with Crippen LogP contribution in [0.3, 0.4) is 0 Å². The summed E-state index contributed by atoms with van der Waals surface area (Å²) in [6.07, 6.45) is 0.868. The highest BCUT2D eigenvalue weighted by atomic mass is 35.5. The van der Waals surface area contributed by atoms with Gasteiger partial charge in [0.2, 0.25) is 10.0 Å². The average molecular weight is 374 g/mol. The van der Waals surface area contributed by atoms with Crippen LogP contribution in [0.15, 0.2) is 17.0 Å². The van der Waals surface area contributed by atoms with E-state index in [2.05, 4.69) is 5.32 Å². The van der Waals surface area contributed by atoms with E-state index in [9.17, 15) is 8.42 Å². The molecule has 0 saturated carbocycles. The minimum Gasteiger partial charge on any atom is -0.319 e. The van der Waals surface area contributed by atoms with E-state index in [1.54, 1.807) is 6.92 Å². The quantitative estimate of drug-likeness (QED) is 0.883. The topological polar surface area (TPSA) is 49.4 Å². The van der Waals surface area contributed by atoms with Crippen molar-refractivity contribution in [2.24, 2.45) is 5.92 Å². The summed E-state index contributed by atoms with van der Waals surface area (Å²) in [5, 5.41) is 3.84. The lowest BCUT2D eigenvalue weighted by atomic mass is 10.1. The van der Waals surface area contributed by atoms with Crippen molar-refractivity contribution in [1.82, 2.24) is 9.62 Å². The first-order chi connectivity index (χ1) is 9.36. The van der Waals surface area contributed by atoms with Crippen LogP contribution in [0.2, 0.25) is 10.0 Å². The van der Waals surface area contributed by atoms with Gasteiger partial charge in [-0.25, -0.2) is 8.42 Å². The first-order valence-corrected chi connectivity index (χ1v) is 8.66. The average Bonchev–Trinajstić information content (AvgIpc) is 2.85. The summed E-state index contributed by atoms with van der Waals surface area (Å²) in [6.45, 7) is 3.66. The summed E-state index contributed by atoms with van der Waals surface area (Å²) < 4.78 is 26.7. The van der Waals surface area contributed by atoms with Crippen LogP contribution in [0.5, 0.6) is 0 Å². The van der Waals surface area contributed by atoms with Crippen LogP contribution in [-0.4, -0.2) is 39.4 Å². The van der Waals surface area contributed by atoms with Gasteiger partial charge in [0.05, 0.1) is 4.90 Å². The van der Waals surface area contributed by atoms with Crippen LogP contribution in [-0.2, 0) is 10.0 Å². The minimum atomic E-state index is -3.52. The Hall–Kier alpha value is -0.0400. The van der Waals surface area contributed by atoms with E-state index in [0.29, 0.717) is 34.6 Å². The number of benzene rings is 1. The van der Waals surface area contributed by atoms with Crippen LogP contribution in [0.25, 0.3) is 0 Å². The third kappa shape index (κ3) is 4.03. The molecule has 1 atom stereocenters. The van der Waals surface area contributed by atoms with E-state index < -0.39 is 10.0 Å². The molecule has 1 aliphatic rings. The van der Waals surface area contributed by atoms with Crippen LogP contribution in [0, 0.1) is 12.8 Å². The molecule has 1 aromatic carbocycles. The molecule has 21 heavy (non-hydrogen) atoms. The van der Waals surface area contributed by atoms with Crippen molar-refractivity contribution in [2.45, 2.75) is 18.2 Å². The molecule has 1 aromatic rings. The molecule has 1 aliphatic heterocycles. The molecule has 4 nitrogen and oxygen atoms in total. The highest BCUT2D eigenvalue weighted by Gasteiger charge is 2.32. The van der Waals surface area contributed by atoms with Gasteiger partial charge in [0.15, 0.2) is 0 Å². The molecule has 1 heterocycles. The zero-order chi connectivity index (χ0) is 14.9. The molecule has 1 fully saturated rings. The fourth-order valence-corrected chi connectivity index (χ4v) is 4.59. The van der Waals surface area contributed by atoms with E-state index in [1.165, 1.54) is 16.4 Å². The molecule has 0 amide bonds. The summed E-state index contributed by atoms with van der Waals surface area (Å²) >= 11 is 12.1. The number of hydrogen-bond donors (Lipinski definition) is 1. The van der Waals surface area contributed by atoms with Crippen molar-refractivity contribution in [3.8, 4) is 0 Å². The number of rotatable bonds is 4. The zero-order valence-electron chi connectivity index (χ0n) is 11.9. The van der Waals surface area contributed by atoms with Gasteiger partial charge >= 0.3 is 0 Å². The van der Waals surface area contributed by atoms with Gasteiger partial charge < -0.3 is 5.32 Å². The van der Waals surface area contributed by atoms with Gasteiger partial charge in [0.25, 0.3) is 0 Å². The van der Waals surface area contributed by atoms with Crippen molar-refractivity contribution >= 4 is 45.6 Å². The summed E-state index contributed by atoms with van der Waals surface area (Å²) in [5.41, 5.74) is 0.696. The lowest BCUT2D eigenvalue weighted by Crippen LogP contribution is -2.30. The fourth-order valence-electron chi connectivity index (χ4n) is 2.39. The number of hydrogen-bond acceptors (Lipinski definition) is 3. The molecule has 0 spiro atoms. The van der Waals surface area contributed by atoms with E-state index >= 15 is 0 Å². The molecule has 0 aliphatic carbocycles. The van der Waals surface area contributed by atoms with Crippen molar-refractivity contribution in [1.29, 1.82) is 0 Å². The molecule has 2 rings (SSSR count). The molecule has 120 valence electrons. The van der Waals surface area contributed by atoms with E-state index in [1.807, 2.05) is 7.05 Å². The van der Waals surface area contributed by atoms with Gasteiger partial charge in [0, 0.05) is 23.1 Å². The second kappa shape index (κ2) is 7.49. The molecule has 0 bridgehead atoms. The Bertz CT molecular complexity index is 584. The van der Waals surface area contributed by atoms with Gasteiger partial charge in [-0.15, -0.1) is 12.4 Å². The van der Waals surface area contributed by atoms with Crippen LogP contribution in [0.4, 0.5) is 0 Å². The van der Waals surface area contributed by atoms with Gasteiger partial charge in [-0.2, -0.15) is 4.31 Å². The largest absolute Gasteiger partial charge is 0.319 e. The Balaban J connectivity index is 0.00000220. The second-order valence-electron chi connectivity index (χ2n) is 5.09. The fraction of sp³-hybridized carbons (Fsp3) is 0.538. The Kier molecular flexibility index (Phi) is 6.78. The molecule has 8 heteroatoms. The van der Waals surface area contributed by atoms with Crippen molar-refractivity contribution < 1.29 is 8.42 Å². The normalized spacial score (nSPS) is 19.5. The van der Waals surface area contributed by atoms with Crippen molar-refractivity contribution in [2.75, 3.05) is 26.7 Å². The Morgan fingerprint density at radius 1 is 1.33 bits per heavy atom. The highest BCUT2D eigenvalue weighted by Crippen LogP contribution is 2.31. The predicted molar refractivity (Wildman–Crippen MR) is 89.2 cm³/mol.